The number of hydrogen-bond acceptors (Lipinski definition) is 3. The van der Waals surface area contributed by atoms with Crippen molar-refractivity contribution in [2.75, 3.05) is 5.75 Å². The molecule has 1 N–H and O–H groups in total. The fourth-order valence-electron chi connectivity index (χ4n) is 2.40. The number of hydrogen-bond donors (Lipinski definition) is 1. The van der Waals surface area contributed by atoms with Gasteiger partial charge in [0.05, 0.1) is 5.25 Å². The van der Waals surface area contributed by atoms with Crippen LogP contribution in [0.2, 0.25) is 0 Å². The van der Waals surface area contributed by atoms with Gasteiger partial charge in [0.25, 0.3) is 0 Å². The number of benzene rings is 1. The molecule has 3 nitrogen and oxygen atoms in total. The highest BCUT2D eigenvalue weighted by Gasteiger charge is 2.45. The normalized spacial score (nSPS) is 27.8. The number of nitrogens with zero attached hydrogens (tertiary/aromatic N) is 1. The number of carbonyl (C=O) groups is 1. The van der Waals surface area contributed by atoms with Crippen LogP contribution in [0.4, 0.5) is 0 Å². The minimum absolute atomic E-state index is 0.177. The zero-order valence-electron chi connectivity index (χ0n) is 8.80. The van der Waals surface area contributed by atoms with Gasteiger partial charge in [0.1, 0.15) is 5.75 Å². The van der Waals surface area contributed by atoms with Gasteiger partial charge in [0, 0.05) is 23.9 Å². The fourth-order valence-corrected chi connectivity index (χ4v) is 3.81. The summed E-state index contributed by atoms with van der Waals surface area (Å²) in [5.74, 6) is 1.57. The number of thioether (sulfide) groups is 1. The van der Waals surface area contributed by atoms with Crippen LogP contribution >= 0.6 is 11.8 Å². The van der Waals surface area contributed by atoms with Crippen LogP contribution in [0.5, 0.6) is 5.75 Å². The van der Waals surface area contributed by atoms with E-state index in [1.54, 1.807) is 23.9 Å². The summed E-state index contributed by atoms with van der Waals surface area (Å²) in [5.41, 5.74) is 0.841. The van der Waals surface area contributed by atoms with Crippen molar-refractivity contribution in [1.29, 1.82) is 0 Å². The van der Waals surface area contributed by atoms with Gasteiger partial charge in [-0.1, -0.05) is 18.2 Å². The van der Waals surface area contributed by atoms with Gasteiger partial charge in [-0.25, -0.2) is 0 Å². The molecule has 4 heteroatoms. The molecule has 2 atom stereocenters. The molecule has 3 rings (SSSR count). The Morgan fingerprint density at radius 2 is 2.25 bits per heavy atom. The van der Waals surface area contributed by atoms with Crippen molar-refractivity contribution >= 4 is 17.7 Å². The third-order valence-electron chi connectivity index (χ3n) is 3.31. The molecular weight excluding hydrogens is 222 g/mol. The molecule has 0 aliphatic carbocycles. The summed E-state index contributed by atoms with van der Waals surface area (Å²) in [6, 6.07) is 7.61. The van der Waals surface area contributed by atoms with Gasteiger partial charge in [-0.05, 0) is 12.5 Å². The number of phenolic OH excluding ortho intramolecular Hbond substituents is 1. The molecule has 2 heterocycles. The van der Waals surface area contributed by atoms with Crippen molar-refractivity contribution in [3.05, 3.63) is 29.8 Å². The lowest BCUT2D eigenvalue weighted by molar-refractivity contribution is -0.129. The van der Waals surface area contributed by atoms with Crippen molar-refractivity contribution < 1.29 is 9.90 Å². The SMILES string of the molecule is O=C1C2CC(CS2)N1Cc1ccccc1O. The van der Waals surface area contributed by atoms with E-state index in [4.69, 9.17) is 0 Å². The zero-order valence-corrected chi connectivity index (χ0v) is 9.61. The van der Waals surface area contributed by atoms with Crippen LogP contribution in [0.3, 0.4) is 0 Å². The molecule has 1 aromatic rings. The minimum Gasteiger partial charge on any atom is -0.508 e. The molecule has 0 radical (unpaired) electrons. The molecule has 2 unspecified atom stereocenters. The van der Waals surface area contributed by atoms with E-state index in [9.17, 15) is 9.90 Å². The van der Waals surface area contributed by atoms with Gasteiger partial charge in [-0.15, -0.1) is 11.8 Å². The second kappa shape index (κ2) is 3.70. The highest BCUT2D eigenvalue weighted by Crippen LogP contribution is 2.39. The van der Waals surface area contributed by atoms with Crippen LogP contribution in [0.1, 0.15) is 12.0 Å². The van der Waals surface area contributed by atoms with Crippen LogP contribution in [-0.4, -0.2) is 33.0 Å². The Kier molecular flexibility index (Phi) is 2.32. The highest BCUT2D eigenvalue weighted by molar-refractivity contribution is 8.01. The lowest BCUT2D eigenvalue weighted by Gasteiger charge is -2.27. The summed E-state index contributed by atoms with van der Waals surface area (Å²) >= 11 is 1.77. The fraction of sp³-hybridized carbons (Fsp3) is 0.417. The summed E-state index contributed by atoms with van der Waals surface area (Å²) in [6.07, 6.45) is 0.983. The summed E-state index contributed by atoms with van der Waals surface area (Å²) in [4.78, 5) is 13.8. The van der Waals surface area contributed by atoms with E-state index in [1.807, 2.05) is 17.0 Å². The Bertz CT molecular complexity index is 435. The van der Waals surface area contributed by atoms with Crippen molar-refractivity contribution in [3.8, 4) is 5.75 Å². The van der Waals surface area contributed by atoms with E-state index in [1.165, 1.54) is 0 Å². The molecule has 0 saturated carbocycles. The standard InChI is InChI=1S/C12H13NO2S/c14-10-4-2-1-3-8(10)6-13-9-5-11(12(13)15)16-7-9/h1-4,9,11,14H,5-7H2. The molecule has 0 aromatic heterocycles. The molecule has 2 aliphatic rings. The molecule has 2 aliphatic heterocycles. The second-order valence-corrected chi connectivity index (χ2v) is 5.54. The van der Waals surface area contributed by atoms with Gasteiger partial charge in [0.15, 0.2) is 0 Å². The van der Waals surface area contributed by atoms with Crippen LogP contribution in [0, 0.1) is 0 Å². The first-order chi connectivity index (χ1) is 7.75. The van der Waals surface area contributed by atoms with Crippen molar-refractivity contribution in [2.24, 2.45) is 0 Å². The van der Waals surface area contributed by atoms with E-state index in [2.05, 4.69) is 0 Å². The van der Waals surface area contributed by atoms with Crippen LogP contribution in [0.25, 0.3) is 0 Å². The van der Waals surface area contributed by atoms with Gasteiger partial charge < -0.3 is 10.0 Å². The molecule has 2 fully saturated rings. The van der Waals surface area contributed by atoms with E-state index < -0.39 is 0 Å². The summed E-state index contributed by atoms with van der Waals surface area (Å²) < 4.78 is 0. The Labute approximate surface area is 98.4 Å². The number of fused-ring (bicyclic) bond motifs is 2. The van der Waals surface area contributed by atoms with Gasteiger partial charge >= 0.3 is 0 Å². The molecule has 1 amide bonds. The molecule has 0 spiro atoms. The average Bonchev–Trinajstić information content (AvgIpc) is 2.85. The lowest BCUT2D eigenvalue weighted by atomic mass is 10.2. The van der Waals surface area contributed by atoms with Crippen LogP contribution < -0.4 is 0 Å². The summed E-state index contributed by atoms with van der Waals surface area (Å²) in [6.45, 7) is 0.549. The predicted octanol–water partition coefficient (Wildman–Crippen LogP) is 1.61. The molecule has 16 heavy (non-hydrogen) atoms. The number of amides is 1. The van der Waals surface area contributed by atoms with Gasteiger partial charge in [-0.2, -0.15) is 0 Å². The maximum atomic E-state index is 11.9. The van der Waals surface area contributed by atoms with E-state index in [0.717, 1.165) is 17.7 Å². The number of aromatic hydroxyl groups is 1. The Hall–Kier alpha value is -1.16. The monoisotopic (exact) mass is 235 g/mol. The van der Waals surface area contributed by atoms with E-state index in [-0.39, 0.29) is 16.9 Å². The molecule has 84 valence electrons. The first-order valence-corrected chi connectivity index (χ1v) is 6.49. The molecule has 2 bridgehead atoms. The smallest absolute Gasteiger partial charge is 0.236 e. The Morgan fingerprint density at radius 1 is 1.44 bits per heavy atom. The largest absolute Gasteiger partial charge is 0.508 e. The number of likely N-dealkylation sites (tertiary alicyclic amines) is 1. The first-order valence-electron chi connectivity index (χ1n) is 5.44. The van der Waals surface area contributed by atoms with Gasteiger partial charge in [-0.3, -0.25) is 4.79 Å². The van der Waals surface area contributed by atoms with E-state index in [0.29, 0.717) is 12.6 Å². The molecular formula is C12H13NO2S. The topological polar surface area (TPSA) is 40.5 Å². The lowest BCUT2D eigenvalue weighted by Crippen LogP contribution is -2.38. The Morgan fingerprint density at radius 3 is 2.94 bits per heavy atom. The maximum Gasteiger partial charge on any atom is 0.236 e. The van der Waals surface area contributed by atoms with Crippen molar-refractivity contribution in [3.63, 3.8) is 0 Å². The maximum absolute atomic E-state index is 11.9. The highest BCUT2D eigenvalue weighted by atomic mass is 32.2. The first kappa shape index (κ1) is 10.0. The third-order valence-corrected chi connectivity index (χ3v) is 4.68. The summed E-state index contributed by atoms with van der Waals surface area (Å²) in [7, 11) is 0. The quantitative estimate of drug-likeness (QED) is 0.846. The van der Waals surface area contributed by atoms with Crippen molar-refractivity contribution in [1.82, 2.24) is 4.90 Å². The van der Waals surface area contributed by atoms with Crippen molar-refractivity contribution in [2.45, 2.75) is 24.3 Å². The third kappa shape index (κ3) is 1.48. The average molecular weight is 235 g/mol. The number of phenols is 1. The van der Waals surface area contributed by atoms with Gasteiger partial charge in [0.2, 0.25) is 5.91 Å². The summed E-state index contributed by atoms with van der Waals surface area (Å²) in [5, 5.41) is 9.86. The minimum atomic E-state index is 0.177. The van der Waals surface area contributed by atoms with Crippen LogP contribution in [0.15, 0.2) is 24.3 Å². The number of carbonyl (C=O) groups excluding carboxylic acids is 1. The number of rotatable bonds is 2. The molecule has 1 aromatic carbocycles. The zero-order chi connectivity index (χ0) is 11.1. The second-order valence-electron chi connectivity index (χ2n) is 4.31. The number of para-hydroxylation sites is 1. The Balaban J connectivity index is 1.81. The predicted molar refractivity (Wildman–Crippen MR) is 63.3 cm³/mol. The molecule has 2 saturated heterocycles. The van der Waals surface area contributed by atoms with Crippen LogP contribution in [-0.2, 0) is 11.3 Å². The van der Waals surface area contributed by atoms with E-state index >= 15 is 0 Å².